The number of sulfonamides is 1. The molecule has 0 atom stereocenters. The Morgan fingerprint density at radius 3 is 2.29 bits per heavy atom. The molecule has 114 valence electrons. The van der Waals surface area contributed by atoms with Gasteiger partial charge in [0.1, 0.15) is 4.75 Å². The smallest absolute Gasteiger partial charge is 0.284 e. The van der Waals surface area contributed by atoms with E-state index in [0.29, 0.717) is 18.5 Å². The molecule has 0 bridgehead atoms. The van der Waals surface area contributed by atoms with Crippen molar-refractivity contribution in [2.45, 2.75) is 36.3 Å². The number of carbonyl (C=O) groups excluding carboxylic acids is 1. The second-order valence-corrected chi connectivity index (χ2v) is 7.67. The fourth-order valence-corrected chi connectivity index (χ4v) is 4.27. The zero-order chi connectivity index (χ0) is 15.7. The van der Waals surface area contributed by atoms with Crippen LogP contribution in [0.15, 0.2) is 33.6 Å². The summed E-state index contributed by atoms with van der Waals surface area (Å²) >= 11 is 1.18. The number of amides is 1. The molecule has 8 heteroatoms. The summed E-state index contributed by atoms with van der Waals surface area (Å²) in [4.78, 5) is 12.1. The summed E-state index contributed by atoms with van der Waals surface area (Å²) in [5.41, 5.74) is 6.00. The molecule has 0 aliphatic carbocycles. The van der Waals surface area contributed by atoms with Crippen molar-refractivity contribution in [3.05, 3.63) is 24.3 Å². The minimum Gasteiger partial charge on any atom is -0.399 e. The average Bonchev–Trinajstić information content (AvgIpc) is 2.75. The van der Waals surface area contributed by atoms with E-state index in [0.717, 1.165) is 0 Å². The van der Waals surface area contributed by atoms with Gasteiger partial charge in [0.05, 0.1) is 4.90 Å². The highest BCUT2D eigenvalue weighted by atomic mass is 32.2. The van der Waals surface area contributed by atoms with Crippen LogP contribution < -0.4 is 11.1 Å². The van der Waals surface area contributed by atoms with E-state index in [2.05, 4.69) is 9.71 Å². The number of hydrogen-bond donors (Lipinski definition) is 2. The van der Waals surface area contributed by atoms with Crippen molar-refractivity contribution >= 4 is 38.5 Å². The van der Waals surface area contributed by atoms with Gasteiger partial charge < -0.3 is 11.1 Å². The topological polar surface area (TPSA) is 102 Å². The molecule has 0 saturated carbocycles. The van der Waals surface area contributed by atoms with Gasteiger partial charge >= 0.3 is 0 Å². The summed E-state index contributed by atoms with van der Waals surface area (Å²) in [5.74, 6) is -0.191. The number of benzene rings is 1. The van der Waals surface area contributed by atoms with Crippen LogP contribution in [0.25, 0.3) is 0 Å². The van der Waals surface area contributed by atoms with Crippen LogP contribution in [-0.2, 0) is 14.8 Å². The lowest BCUT2D eigenvalue weighted by atomic mass is 10.0. The second-order valence-electron chi connectivity index (χ2n) is 4.70. The quantitative estimate of drug-likeness (QED) is 0.820. The summed E-state index contributed by atoms with van der Waals surface area (Å²) in [6.07, 6.45) is 1.22. The molecule has 1 aliphatic rings. The van der Waals surface area contributed by atoms with Crippen molar-refractivity contribution in [1.29, 1.82) is 0 Å². The molecule has 2 rings (SSSR count). The molecule has 1 fully saturated rings. The summed E-state index contributed by atoms with van der Waals surface area (Å²) < 4.78 is 27.5. The Hall–Kier alpha value is -1.54. The highest BCUT2D eigenvalue weighted by Gasteiger charge is 2.44. The number of nitrogens with two attached hydrogens (primary N) is 1. The van der Waals surface area contributed by atoms with Gasteiger partial charge in [0.25, 0.3) is 10.0 Å². The normalized spacial score (nSPS) is 19.7. The van der Waals surface area contributed by atoms with Crippen molar-refractivity contribution in [3.63, 3.8) is 0 Å². The highest BCUT2D eigenvalue weighted by molar-refractivity contribution is 8.16. The van der Waals surface area contributed by atoms with Gasteiger partial charge in [-0.25, -0.2) is 0 Å². The average molecular weight is 327 g/mol. The number of rotatable bonds is 4. The number of thioether (sulfide) groups is 1. The fourth-order valence-electron chi connectivity index (χ4n) is 2.03. The molecule has 0 aromatic heterocycles. The minimum atomic E-state index is -3.85. The van der Waals surface area contributed by atoms with Crippen molar-refractivity contribution in [2.75, 3.05) is 5.73 Å². The Balaban J connectivity index is 2.32. The maximum absolute atomic E-state index is 12.2. The van der Waals surface area contributed by atoms with Crippen LogP contribution in [-0.4, -0.2) is 24.2 Å². The molecule has 0 spiro atoms. The number of hydrogen-bond acceptors (Lipinski definition) is 5. The van der Waals surface area contributed by atoms with Crippen LogP contribution in [0.2, 0.25) is 0 Å². The fraction of sp³-hybridized carbons (Fsp3) is 0.385. The van der Waals surface area contributed by atoms with Crippen molar-refractivity contribution < 1.29 is 13.2 Å². The monoisotopic (exact) mass is 327 g/mol. The lowest BCUT2D eigenvalue weighted by Gasteiger charge is -2.19. The zero-order valence-electron chi connectivity index (χ0n) is 11.8. The number of carbonyl (C=O) groups is 1. The molecular formula is C13H17N3O3S2. The lowest BCUT2D eigenvalue weighted by molar-refractivity contribution is -0.121. The Morgan fingerprint density at radius 2 is 1.81 bits per heavy atom. The summed E-state index contributed by atoms with van der Waals surface area (Å²) in [6.45, 7) is 3.79. The number of nitrogens with one attached hydrogen (secondary N) is 1. The third-order valence-electron chi connectivity index (χ3n) is 3.45. The molecule has 21 heavy (non-hydrogen) atoms. The molecule has 3 N–H and O–H groups in total. The molecule has 1 saturated heterocycles. The predicted molar refractivity (Wildman–Crippen MR) is 84.5 cm³/mol. The van der Waals surface area contributed by atoms with Crippen LogP contribution >= 0.6 is 11.8 Å². The van der Waals surface area contributed by atoms with Gasteiger partial charge in [0.15, 0.2) is 5.17 Å². The standard InChI is InChI=1S/C13H17N3O3S2/c1-3-13(4-2)11(17)15-12(20-13)16-21(18,19)10-7-5-9(14)6-8-10/h5-8H,3-4,14H2,1-2H3,(H,15,16,17). The zero-order valence-corrected chi connectivity index (χ0v) is 13.4. The first-order valence-electron chi connectivity index (χ1n) is 6.54. The van der Waals surface area contributed by atoms with E-state index in [1.54, 1.807) is 0 Å². The lowest BCUT2D eigenvalue weighted by Crippen LogP contribution is -2.35. The first-order chi connectivity index (χ1) is 9.83. The maximum Gasteiger partial charge on any atom is 0.284 e. The van der Waals surface area contributed by atoms with Crippen LogP contribution in [0, 0.1) is 0 Å². The van der Waals surface area contributed by atoms with Crippen LogP contribution in [0.3, 0.4) is 0 Å². The van der Waals surface area contributed by atoms with E-state index in [9.17, 15) is 13.2 Å². The molecule has 0 unspecified atom stereocenters. The number of anilines is 1. The van der Waals surface area contributed by atoms with Gasteiger partial charge in [-0.3, -0.25) is 4.79 Å². The van der Waals surface area contributed by atoms with Gasteiger partial charge in [-0.2, -0.15) is 8.42 Å². The van der Waals surface area contributed by atoms with E-state index < -0.39 is 14.8 Å². The van der Waals surface area contributed by atoms with E-state index in [4.69, 9.17) is 5.73 Å². The van der Waals surface area contributed by atoms with Crippen LogP contribution in [0.4, 0.5) is 5.69 Å². The van der Waals surface area contributed by atoms with Crippen molar-refractivity contribution in [2.24, 2.45) is 4.40 Å². The second kappa shape index (κ2) is 5.69. The first kappa shape index (κ1) is 15.8. The number of nitrogen functional groups attached to an aromatic ring is 1. The third kappa shape index (κ3) is 3.06. The Labute approximate surface area is 128 Å². The van der Waals surface area contributed by atoms with Crippen LogP contribution in [0.5, 0.6) is 0 Å². The maximum atomic E-state index is 12.2. The molecule has 1 aliphatic heterocycles. The molecule has 1 heterocycles. The van der Waals surface area contributed by atoms with Gasteiger partial charge in [0, 0.05) is 5.69 Å². The predicted octanol–water partition coefficient (Wildman–Crippen LogP) is 1.74. The minimum absolute atomic E-state index is 0.0459. The molecule has 1 aromatic carbocycles. The highest BCUT2D eigenvalue weighted by Crippen LogP contribution is 2.38. The van der Waals surface area contributed by atoms with Gasteiger partial charge in [-0.1, -0.05) is 25.6 Å². The van der Waals surface area contributed by atoms with E-state index in [-0.39, 0.29) is 16.0 Å². The summed E-state index contributed by atoms with van der Waals surface area (Å²) in [5, 5.41) is 2.68. The molecule has 6 nitrogen and oxygen atoms in total. The van der Waals surface area contributed by atoms with Gasteiger partial charge in [-0.05, 0) is 37.1 Å². The molecule has 1 amide bonds. The van der Waals surface area contributed by atoms with Crippen molar-refractivity contribution in [1.82, 2.24) is 5.32 Å². The van der Waals surface area contributed by atoms with Crippen molar-refractivity contribution in [3.8, 4) is 0 Å². The number of nitrogens with zero attached hydrogens (tertiary/aromatic N) is 1. The van der Waals surface area contributed by atoms with Gasteiger partial charge in [0.2, 0.25) is 5.91 Å². The Kier molecular flexibility index (Phi) is 4.29. The summed E-state index contributed by atoms with van der Waals surface area (Å²) in [7, 11) is -3.85. The van der Waals surface area contributed by atoms with E-state index >= 15 is 0 Å². The molecule has 1 aromatic rings. The summed E-state index contributed by atoms with van der Waals surface area (Å²) in [6, 6.07) is 5.78. The molecule has 0 radical (unpaired) electrons. The van der Waals surface area contributed by atoms with E-state index in [1.807, 2.05) is 13.8 Å². The first-order valence-corrected chi connectivity index (χ1v) is 8.79. The molecular weight excluding hydrogens is 310 g/mol. The largest absolute Gasteiger partial charge is 0.399 e. The van der Waals surface area contributed by atoms with Crippen LogP contribution in [0.1, 0.15) is 26.7 Å². The Morgan fingerprint density at radius 1 is 1.24 bits per heavy atom. The SMILES string of the molecule is CCC1(CC)S/C(=N/S(=O)(=O)c2ccc(N)cc2)NC1=O. The number of amidine groups is 1. The van der Waals surface area contributed by atoms with E-state index in [1.165, 1.54) is 36.0 Å². The van der Waals surface area contributed by atoms with Gasteiger partial charge in [-0.15, -0.1) is 4.40 Å². The third-order valence-corrected chi connectivity index (χ3v) is 6.40. The Bertz CT molecular complexity index is 677.